The molecule has 2 aromatic carbocycles. The van der Waals surface area contributed by atoms with Crippen LogP contribution in [0.1, 0.15) is 18.5 Å². The molecule has 5 nitrogen and oxygen atoms in total. The van der Waals surface area contributed by atoms with Crippen LogP contribution in [-0.4, -0.2) is 18.1 Å². The van der Waals surface area contributed by atoms with E-state index in [1.54, 1.807) is 31.4 Å². The van der Waals surface area contributed by atoms with Crippen LogP contribution in [0.4, 0.5) is 5.69 Å². The molecule has 0 saturated heterocycles. The van der Waals surface area contributed by atoms with Crippen molar-refractivity contribution in [2.24, 2.45) is 0 Å². The van der Waals surface area contributed by atoms with E-state index in [4.69, 9.17) is 28.6 Å². The lowest BCUT2D eigenvalue weighted by molar-refractivity contribution is -0.113. The second-order valence-electron chi connectivity index (χ2n) is 5.78. The molecule has 1 aliphatic heterocycles. The number of ether oxygens (including phenoxy) is 1. The smallest absolute Gasteiger partial charge is 0.255 e. The number of thiocarbonyl (C=S) groups is 1. The summed E-state index contributed by atoms with van der Waals surface area (Å²) in [6, 6.07) is 14.2. The predicted octanol–water partition coefficient (Wildman–Crippen LogP) is 3.78. The summed E-state index contributed by atoms with van der Waals surface area (Å²) >= 11 is 11.2. The first-order valence-electron chi connectivity index (χ1n) is 7.97. The minimum atomic E-state index is -0.379. The third-order valence-corrected chi connectivity index (χ3v) is 4.54. The molecule has 0 saturated carbocycles. The van der Waals surface area contributed by atoms with E-state index in [-0.39, 0.29) is 11.9 Å². The molecular formula is C19H18ClN3O2S. The maximum Gasteiger partial charge on any atom is 0.255 e. The Kier molecular flexibility index (Phi) is 5.44. The number of carbonyl (C=O) groups is 1. The summed E-state index contributed by atoms with van der Waals surface area (Å²) in [4.78, 5) is 13.0. The number of para-hydroxylation sites is 2. The Morgan fingerprint density at radius 1 is 1.19 bits per heavy atom. The maximum absolute atomic E-state index is 13.0. The van der Waals surface area contributed by atoms with Crippen LogP contribution in [0.5, 0.6) is 5.75 Å². The van der Waals surface area contributed by atoms with E-state index in [1.165, 1.54) is 0 Å². The second-order valence-corrected chi connectivity index (χ2v) is 6.62. The van der Waals surface area contributed by atoms with E-state index in [0.717, 1.165) is 5.56 Å². The Labute approximate surface area is 162 Å². The van der Waals surface area contributed by atoms with Crippen molar-refractivity contribution in [3.05, 3.63) is 70.4 Å². The molecule has 0 radical (unpaired) electrons. The summed E-state index contributed by atoms with van der Waals surface area (Å²) in [5, 5.41) is 10.2. The van der Waals surface area contributed by atoms with Gasteiger partial charge < -0.3 is 20.7 Å². The Morgan fingerprint density at radius 3 is 2.58 bits per heavy atom. The van der Waals surface area contributed by atoms with E-state index in [2.05, 4.69) is 16.0 Å². The molecule has 0 aromatic heterocycles. The Hall–Kier alpha value is -2.57. The van der Waals surface area contributed by atoms with E-state index in [0.29, 0.717) is 32.8 Å². The normalized spacial score (nSPS) is 16.6. The van der Waals surface area contributed by atoms with Crippen LogP contribution in [-0.2, 0) is 4.79 Å². The quantitative estimate of drug-likeness (QED) is 0.697. The third-order valence-electron chi connectivity index (χ3n) is 4.07. The zero-order valence-corrected chi connectivity index (χ0v) is 15.9. The molecule has 134 valence electrons. The van der Waals surface area contributed by atoms with Crippen molar-refractivity contribution in [1.29, 1.82) is 0 Å². The molecule has 1 amide bonds. The van der Waals surface area contributed by atoms with Gasteiger partial charge in [0.25, 0.3) is 5.91 Å². The lowest BCUT2D eigenvalue weighted by atomic mass is 9.95. The average molecular weight is 388 g/mol. The molecule has 0 aliphatic carbocycles. The lowest BCUT2D eigenvalue weighted by Gasteiger charge is -2.30. The van der Waals surface area contributed by atoms with Crippen molar-refractivity contribution < 1.29 is 9.53 Å². The molecule has 3 rings (SSSR count). The van der Waals surface area contributed by atoms with Crippen LogP contribution in [0.3, 0.4) is 0 Å². The van der Waals surface area contributed by atoms with Crippen LogP contribution in [0.2, 0.25) is 5.02 Å². The number of anilines is 1. The van der Waals surface area contributed by atoms with Gasteiger partial charge in [0.2, 0.25) is 0 Å². The van der Waals surface area contributed by atoms with Gasteiger partial charge in [-0.15, -0.1) is 0 Å². The van der Waals surface area contributed by atoms with Gasteiger partial charge in [-0.05, 0) is 49.0 Å². The van der Waals surface area contributed by atoms with Crippen molar-refractivity contribution in [2.75, 3.05) is 12.4 Å². The summed E-state index contributed by atoms with van der Waals surface area (Å²) in [5.74, 6) is 0.351. The first-order valence-corrected chi connectivity index (χ1v) is 8.76. The Bertz CT molecular complexity index is 881. The van der Waals surface area contributed by atoms with Gasteiger partial charge in [0.1, 0.15) is 5.75 Å². The van der Waals surface area contributed by atoms with Crippen molar-refractivity contribution in [3.8, 4) is 5.75 Å². The van der Waals surface area contributed by atoms with E-state index >= 15 is 0 Å². The van der Waals surface area contributed by atoms with Gasteiger partial charge in [-0.2, -0.15) is 0 Å². The molecule has 1 aliphatic rings. The van der Waals surface area contributed by atoms with Gasteiger partial charge in [0.05, 0.1) is 24.4 Å². The number of amides is 1. The highest BCUT2D eigenvalue weighted by molar-refractivity contribution is 7.80. The van der Waals surface area contributed by atoms with Gasteiger partial charge in [-0.3, -0.25) is 4.79 Å². The van der Waals surface area contributed by atoms with Gasteiger partial charge in [0, 0.05) is 10.7 Å². The molecule has 3 N–H and O–H groups in total. The number of methoxy groups -OCH3 is 1. The Balaban J connectivity index is 1.95. The van der Waals surface area contributed by atoms with Gasteiger partial charge in [-0.25, -0.2) is 0 Å². The van der Waals surface area contributed by atoms with Crippen LogP contribution in [0, 0.1) is 0 Å². The standard InChI is InChI=1S/C19H18ClN3O2S/c1-11-16(18(24)22-14-5-3-4-6-15(14)25-2)17(23-19(26)21-11)12-7-9-13(20)10-8-12/h3-10,17H,1-2H3,(H,22,24)(H2,21,23,26)/t17-/m0/s1. The van der Waals surface area contributed by atoms with E-state index < -0.39 is 0 Å². The lowest BCUT2D eigenvalue weighted by Crippen LogP contribution is -2.45. The van der Waals surface area contributed by atoms with Crippen LogP contribution >= 0.6 is 23.8 Å². The molecule has 1 atom stereocenters. The fourth-order valence-corrected chi connectivity index (χ4v) is 3.23. The summed E-state index contributed by atoms with van der Waals surface area (Å²) in [6.07, 6.45) is 0. The number of rotatable bonds is 4. The first kappa shape index (κ1) is 18.2. The monoisotopic (exact) mass is 387 g/mol. The zero-order chi connectivity index (χ0) is 18.7. The van der Waals surface area contributed by atoms with Crippen molar-refractivity contribution in [2.45, 2.75) is 13.0 Å². The number of halogens is 1. The topological polar surface area (TPSA) is 62.4 Å². The van der Waals surface area contributed by atoms with Gasteiger partial charge in [-0.1, -0.05) is 35.9 Å². The largest absolute Gasteiger partial charge is 0.495 e. The summed E-state index contributed by atoms with van der Waals surface area (Å²) < 4.78 is 5.30. The molecule has 1 heterocycles. The molecule has 26 heavy (non-hydrogen) atoms. The molecule has 7 heteroatoms. The second kappa shape index (κ2) is 7.76. The fourth-order valence-electron chi connectivity index (χ4n) is 2.84. The molecular weight excluding hydrogens is 370 g/mol. The molecule has 0 bridgehead atoms. The maximum atomic E-state index is 13.0. The summed E-state index contributed by atoms with van der Waals surface area (Å²) in [7, 11) is 1.56. The molecule has 2 aromatic rings. The number of nitrogens with one attached hydrogen (secondary N) is 3. The minimum Gasteiger partial charge on any atom is -0.495 e. The first-order chi connectivity index (χ1) is 12.5. The van der Waals surface area contributed by atoms with Crippen LogP contribution in [0.15, 0.2) is 59.8 Å². The number of benzene rings is 2. The van der Waals surface area contributed by atoms with Crippen molar-refractivity contribution in [3.63, 3.8) is 0 Å². The van der Waals surface area contributed by atoms with E-state index in [9.17, 15) is 4.79 Å². The number of hydrogen-bond donors (Lipinski definition) is 3. The average Bonchev–Trinajstić information content (AvgIpc) is 2.62. The Morgan fingerprint density at radius 2 is 1.88 bits per heavy atom. The third kappa shape index (κ3) is 3.81. The molecule has 0 spiro atoms. The number of hydrogen-bond acceptors (Lipinski definition) is 3. The number of carbonyl (C=O) groups excluding carboxylic acids is 1. The SMILES string of the molecule is COc1ccccc1NC(=O)C1=C(C)NC(=S)N[C@H]1c1ccc(Cl)cc1. The van der Waals surface area contributed by atoms with Crippen molar-refractivity contribution in [1.82, 2.24) is 10.6 Å². The fraction of sp³-hybridized carbons (Fsp3) is 0.158. The van der Waals surface area contributed by atoms with Gasteiger partial charge in [0.15, 0.2) is 5.11 Å². The number of allylic oxidation sites excluding steroid dienone is 1. The molecule has 0 unspecified atom stereocenters. The summed E-state index contributed by atoms with van der Waals surface area (Å²) in [5.41, 5.74) is 2.74. The molecule has 0 fully saturated rings. The van der Waals surface area contributed by atoms with Crippen molar-refractivity contribution >= 4 is 40.5 Å². The minimum absolute atomic E-state index is 0.241. The van der Waals surface area contributed by atoms with Gasteiger partial charge >= 0.3 is 0 Å². The van der Waals surface area contributed by atoms with E-state index in [1.807, 2.05) is 31.2 Å². The highest BCUT2D eigenvalue weighted by Gasteiger charge is 2.30. The summed E-state index contributed by atoms with van der Waals surface area (Å²) in [6.45, 7) is 1.83. The zero-order valence-electron chi connectivity index (χ0n) is 14.3. The highest BCUT2D eigenvalue weighted by atomic mass is 35.5. The highest BCUT2D eigenvalue weighted by Crippen LogP contribution is 2.30. The van der Waals surface area contributed by atoms with Crippen LogP contribution < -0.4 is 20.7 Å². The predicted molar refractivity (Wildman–Crippen MR) is 107 cm³/mol. The van der Waals surface area contributed by atoms with Crippen LogP contribution in [0.25, 0.3) is 0 Å².